The Morgan fingerprint density at radius 3 is 2.61 bits per heavy atom. The standard InChI is InChI=1S/C24H35N3O/c1-5-6-12-20-19(17-10-8-7-9-11-17)16-27(26-20)22(28)25-21-15-18-13-14-24(21,4)23(18,2)3/h7-11,18-19,21H,5-6,12-16H2,1-4H3,(H,25,28)/t18-,19?,21+,24+/m1/s1. The lowest BCUT2D eigenvalue weighted by molar-refractivity contribution is 0.118. The minimum atomic E-state index is -0.0120. The summed E-state index contributed by atoms with van der Waals surface area (Å²) < 4.78 is 0. The van der Waals surface area contributed by atoms with Crippen molar-refractivity contribution in [1.29, 1.82) is 0 Å². The number of fused-ring (bicyclic) bond motifs is 2. The summed E-state index contributed by atoms with van der Waals surface area (Å²) in [6, 6.07) is 10.8. The fourth-order valence-corrected chi connectivity index (χ4v) is 5.88. The second-order valence-electron chi connectivity index (χ2n) is 9.85. The van der Waals surface area contributed by atoms with Crippen molar-refractivity contribution < 1.29 is 4.79 Å². The third-order valence-corrected chi connectivity index (χ3v) is 8.32. The highest BCUT2D eigenvalue weighted by molar-refractivity contribution is 5.94. The van der Waals surface area contributed by atoms with E-state index in [2.05, 4.69) is 57.3 Å². The molecule has 2 saturated carbocycles. The SMILES string of the molecule is CCCCC1=NN(C(=O)N[C@H]2C[C@H]3CC[C@]2(C)C3(C)C)CC1c1ccccc1. The van der Waals surface area contributed by atoms with Gasteiger partial charge >= 0.3 is 6.03 Å². The first kappa shape index (κ1) is 19.5. The molecule has 0 radical (unpaired) electrons. The first-order valence-corrected chi connectivity index (χ1v) is 11.1. The average molecular weight is 382 g/mol. The largest absolute Gasteiger partial charge is 0.338 e. The van der Waals surface area contributed by atoms with Crippen LogP contribution in [0, 0.1) is 16.7 Å². The Bertz CT molecular complexity index is 756. The van der Waals surface area contributed by atoms with E-state index in [1.807, 2.05) is 6.07 Å². The van der Waals surface area contributed by atoms with Gasteiger partial charge in [0.15, 0.2) is 0 Å². The lowest BCUT2D eigenvalue weighted by Crippen LogP contribution is -2.50. The molecular weight excluding hydrogens is 346 g/mol. The van der Waals surface area contributed by atoms with E-state index in [4.69, 9.17) is 5.10 Å². The van der Waals surface area contributed by atoms with Gasteiger partial charge in [-0.05, 0) is 54.4 Å². The summed E-state index contributed by atoms with van der Waals surface area (Å²) in [6.45, 7) is 10.0. The molecule has 4 nitrogen and oxygen atoms in total. The molecule has 2 amide bonds. The molecule has 1 heterocycles. The van der Waals surface area contributed by atoms with E-state index in [1.165, 1.54) is 18.4 Å². The molecule has 1 aliphatic heterocycles. The summed E-state index contributed by atoms with van der Waals surface area (Å²) in [4.78, 5) is 13.1. The highest BCUT2D eigenvalue weighted by Gasteiger charge is 2.61. The predicted molar refractivity (Wildman–Crippen MR) is 114 cm³/mol. The van der Waals surface area contributed by atoms with Crippen LogP contribution in [0.2, 0.25) is 0 Å². The Labute approximate surface area is 169 Å². The van der Waals surface area contributed by atoms with Gasteiger partial charge in [0.2, 0.25) is 0 Å². The molecule has 2 bridgehead atoms. The molecule has 2 fully saturated rings. The number of hydrogen-bond acceptors (Lipinski definition) is 2. The van der Waals surface area contributed by atoms with Crippen LogP contribution >= 0.6 is 0 Å². The second kappa shape index (κ2) is 7.20. The van der Waals surface area contributed by atoms with E-state index in [1.54, 1.807) is 5.01 Å². The minimum Gasteiger partial charge on any atom is -0.333 e. The van der Waals surface area contributed by atoms with E-state index in [0.717, 1.165) is 37.3 Å². The normalized spacial score (nSPS) is 33.2. The van der Waals surface area contributed by atoms with Crippen molar-refractivity contribution in [3.05, 3.63) is 35.9 Å². The van der Waals surface area contributed by atoms with Crippen LogP contribution < -0.4 is 5.32 Å². The van der Waals surface area contributed by atoms with Gasteiger partial charge in [-0.1, -0.05) is 64.4 Å². The highest BCUT2D eigenvalue weighted by Crippen LogP contribution is 2.65. The van der Waals surface area contributed by atoms with Gasteiger partial charge in [0.1, 0.15) is 0 Å². The molecule has 152 valence electrons. The Morgan fingerprint density at radius 2 is 2.00 bits per heavy atom. The molecule has 1 aromatic rings. The number of carbonyl (C=O) groups excluding carboxylic acids is 1. The van der Waals surface area contributed by atoms with Crippen molar-refractivity contribution in [3.8, 4) is 0 Å². The van der Waals surface area contributed by atoms with Crippen molar-refractivity contribution in [3.63, 3.8) is 0 Å². The lowest BCUT2D eigenvalue weighted by atomic mass is 9.69. The first-order chi connectivity index (χ1) is 13.4. The Kier molecular flexibility index (Phi) is 5.01. The summed E-state index contributed by atoms with van der Waals surface area (Å²) >= 11 is 0. The number of hydrazone groups is 1. The van der Waals surface area contributed by atoms with Crippen LogP contribution in [0.3, 0.4) is 0 Å². The van der Waals surface area contributed by atoms with Crippen LogP contribution in [0.4, 0.5) is 4.79 Å². The molecule has 4 atom stereocenters. The number of rotatable bonds is 5. The van der Waals surface area contributed by atoms with Gasteiger partial charge in [-0.15, -0.1) is 0 Å². The number of nitrogens with one attached hydrogen (secondary N) is 1. The van der Waals surface area contributed by atoms with Gasteiger partial charge in [-0.2, -0.15) is 5.10 Å². The summed E-state index contributed by atoms with van der Waals surface area (Å²) in [6.07, 6.45) is 6.85. The number of benzene rings is 1. The first-order valence-electron chi connectivity index (χ1n) is 11.1. The van der Waals surface area contributed by atoms with E-state index < -0.39 is 0 Å². The van der Waals surface area contributed by atoms with Gasteiger partial charge in [0.05, 0.1) is 6.54 Å². The molecule has 1 aromatic carbocycles. The fraction of sp³-hybridized carbons (Fsp3) is 0.667. The molecule has 0 saturated heterocycles. The van der Waals surface area contributed by atoms with Crippen LogP contribution in [0.1, 0.15) is 77.7 Å². The molecular formula is C24H35N3O. The van der Waals surface area contributed by atoms with Crippen molar-refractivity contribution in [2.45, 2.75) is 78.2 Å². The summed E-state index contributed by atoms with van der Waals surface area (Å²) in [7, 11) is 0. The summed E-state index contributed by atoms with van der Waals surface area (Å²) in [5, 5.41) is 9.86. The monoisotopic (exact) mass is 381 g/mol. The predicted octanol–water partition coefficient (Wildman–Crippen LogP) is 5.56. The number of nitrogens with zero attached hydrogens (tertiary/aromatic N) is 2. The zero-order valence-corrected chi connectivity index (χ0v) is 17.9. The van der Waals surface area contributed by atoms with Crippen molar-refractivity contribution in [2.24, 2.45) is 21.8 Å². The third-order valence-electron chi connectivity index (χ3n) is 8.32. The fourth-order valence-electron chi connectivity index (χ4n) is 5.88. The van der Waals surface area contributed by atoms with Crippen LogP contribution in [0.5, 0.6) is 0 Å². The summed E-state index contributed by atoms with van der Waals surface area (Å²) in [5.74, 6) is 0.951. The van der Waals surface area contributed by atoms with Crippen LogP contribution in [-0.2, 0) is 0 Å². The quantitative estimate of drug-likeness (QED) is 0.713. The molecule has 0 spiro atoms. The Balaban J connectivity index is 1.48. The lowest BCUT2D eigenvalue weighted by Gasteiger charge is -2.39. The maximum atomic E-state index is 13.1. The minimum absolute atomic E-state index is 0.0120. The van der Waals surface area contributed by atoms with E-state index >= 15 is 0 Å². The van der Waals surface area contributed by atoms with Gasteiger partial charge < -0.3 is 5.32 Å². The molecule has 2 aliphatic carbocycles. The van der Waals surface area contributed by atoms with Gasteiger partial charge in [-0.25, -0.2) is 9.80 Å². The Hall–Kier alpha value is -1.84. The number of unbranched alkanes of at least 4 members (excludes halogenated alkanes) is 1. The van der Waals surface area contributed by atoms with Gasteiger partial charge in [-0.3, -0.25) is 0 Å². The van der Waals surface area contributed by atoms with E-state index in [-0.39, 0.29) is 23.4 Å². The van der Waals surface area contributed by atoms with Crippen LogP contribution in [0.25, 0.3) is 0 Å². The molecule has 4 heteroatoms. The molecule has 1 N–H and O–H groups in total. The van der Waals surface area contributed by atoms with E-state index in [0.29, 0.717) is 12.0 Å². The average Bonchev–Trinajstić information content (AvgIpc) is 3.27. The molecule has 0 aromatic heterocycles. The topological polar surface area (TPSA) is 44.7 Å². The smallest absolute Gasteiger partial charge is 0.333 e. The Morgan fingerprint density at radius 1 is 1.25 bits per heavy atom. The zero-order valence-electron chi connectivity index (χ0n) is 17.9. The zero-order chi connectivity index (χ0) is 19.9. The maximum absolute atomic E-state index is 13.1. The third kappa shape index (κ3) is 3.05. The van der Waals surface area contributed by atoms with E-state index in [9.17, 15) is 4.79 Å². The van der Waals surface area contributed by atoms with Crippen molar-refractivity contribution in [2.75, 3.05) is 6.54 Å². The molecule has 4 rings (SSSR count). The van der Waals surface area contributed by atoms with Crippen LogP contribution in [-0.4, -0.2) is 29.3 Å². The highest BCUT2D eigenvalue weighted by atomic mass is 16.2. The molecule has 1 unspecified atom stereocenters. The molecule has 28 heavy (non-hydrogen) atoms. The summed E-state index contributed by atoms with van der Waals surface area (Å²) in [5.41, 5.74) is 2.92. The number of amides is 2. The number of urea groups is 1. The van der Waals surface area contributed by atoms with Gasteiger partial charge in [0.25, 0.3) is 0 Å². The van der Waals surface area contributed by atoms with Crippen molar-refractivity contribution in [1.82, 2.24) is 10.3 Å². The second-order valence-corrected chi connectivity index (χ2v) is 9.85. The molecule has 3 aliphatic rings. The number of carbonyl (C=O) groups is 1. The van der Waals surface area contributed by atoms with Crippen molar-refractivity contribution >= 4 is 11.7 Å². The van der Waals surface area contributed by atoms with Crippen LogP contribution in [0.15, 0.2) is 35.4 Å². The number of hydrogen-bond donors (Lipinski definition) is 1. The maximum Gasteiger partial charge on any atom is 0.338 e. The van der Waals surface area contributed by atoms with Gasteiger partial charge in [0, 0.05) is 17.7 Å².